The number of hydrogen-bond acceptors (Lipinski definition) is 4. The zero-order valence-electron chi connectivity index (χ0n) is 6.53. The average molecular weight is 177 g/mol. The van der Waals surface area contributed by atoms with E-state index in [1.165, 1.54) is 0 Å². The van der Waals surface area contributed by atoms with Crippen LogP contribution in [-0.2, 0) is 4.74 Å². The van der Waals surface area contributed by atoms with Gasteiger partial charge >= 0.3 is 0 Å². The summed E-state index contributed by atoms with van der Waals surface area (Å²) in [4.78, 5) is 0. The first-order chi connectivity index (χ1) is 5.34. The molecule has 1 saturated heterocycles. The first-order valence-corrected chi connectivity index (χ1v) is 4.95. The summed E-state index contributed by atoms with van der Waals surface area (Å²) in [5, 5.41) is 8.97. The van der Waals surface area contributed by atoms with Crippen molar-refractivity contribution in [2.24, 2.45) is 5.73 Å². The molecule has 0 aromatic heterocycles. The lowest BCUT2D eigenvalue weighted by atomic mass is 10.1. The van der Waals surface area contributed by atoms with Crippen LogP contribution in [0.1, 0.15) is 6.42 Å². The fraction of sp³-hybridized carbons (Fsp3) is 1.00. The maximum atomic E-state index is 8.58. The summed E-state index contributed by atoms with van der Waals surface area (Å²) in [5.74, 6) is 0.766. The zero-order chi connectivity index (χ0) is 8.10. The summed E-state index contributed by atoms with van der Waals surface area (Å²) in [7, 11) is 0. The predicted octanol–water partition coefficient (Wildman–Crippen LogP) is -0.172. The molecule has 66 valence electrons. The van der Waals surface area contributed by atoms with Crippen molar-refractivity contribution in [1.82, 2.24) is 0 Å². The highest BCUT2D eigenvalue weighted by Crippen LogP contribution is 2.19. The third-order valence-electron chi connectivity index (χ3n) is 1.78. The van der Waals surface area contributed by atoms with Crippen molar-refractivity contribution in [3.63, 3.8) is 0 Å². The SMILES string of the molecule is NC1CCOCC1SCCO. The van der Waals surface area contributed by atoms with E-state index in [1.54, 1.807) is 11.8 Å². The van der Waals surface area contributed by atoms with Gasteiger partial charge in [-0.3, -0.25) is 0 Å². The van der Waals surface area contributed by atoms with Gasteiger partial charge in [0.15, 0.2) is 0 Å². The van der Waals surface area contributed by atoms with Crippen LogP contribution in [0.2, 0.25) is 0 Å². The fourth-order valence-corrected chi connectivity index (χ4v) is 2.09. The van der Waals surface area contributed by atoms with Crippen molar-refractivity contribution in [1.29, 1.82) is 0 Å². The third-order valence-corrected chi connectivity index (χ3v) is 3.11. The van der Waals surface area contributed by atoms with E-state index in [9.17, 15) is 0 Å². The van der Waals surface area contributed by atoms with Gasteiger partial charge in [-0.25, -0.2) is 0 Å². The molecular formula is C7H15NO2S. The number of aliphatic hydroxyl groups excluding tert-OH is 1. The number of thioether (sulfide) groups is 1. The monoisotopic (exact) mass is 177 g/mol. The molecule has 0 aromatic carbocycles. The molecule has 1 heterocycles. The van der Waals surface area contributed by atoms with Crippen molar-refractivity contribution in [2.75, 3.05) is 25.6 Å². The van der Waals surface area contributed by atoms with E-state index in [2.05, 4.69) is 0 Å². The fourth-order valence-electron chi connectivity index (χ4n) is 1.10. The van der Waals surface area contributed by atoms with Crippen molar-refractivity contribution >= 4 is 11.8 Å². The molecule has 1 rings (SSSR count). The second-order valence-electron chi connectivity index (χ2n) is 2.66. The van der Waals surface area contributed by atoms with Crippen LogP contribution in [0, 0.1) is 0 Å². The van der Waals surface area contributed by atoms with E-state index in [1.807, 2.05) is 0 Å². The number of aliphatic hydroxyl groups is 1. The largest absolute Gasteiger partial charge is 0.396 e. The van der Waals surface area contributed by atoms with Crippen LogP contribution in [0.15, 0.2) is 0 Å². The maximum absolute atomic E-state index is 8.58. The van der Waals surface area contributed by atoms with Gasteiger partial charge in [0.1, 0.15) is 0 Å². The Morgan fingerprint density at radius 3 is 3.09 bits per heavy atom. The van der Waals surface area contributed by atoms with Crippen molar-refractivity contribution in [2.45, 2.75) is 17.7 Å². The highest BCUT2D eigenvalue weighted by molar-refractivity contribution is 8.00. The van der Waals surface area contributed by atoms with Crippen LogP contribution in [-0.4, -0.2) is 42.0 Å². The number of rotatable bonds is 3. The number of ether oxygens (including phenoxy) is 1. The Labute approximate surface area is 71.3 Å². The Morgan fingerprint density at radius 1 is 1.64 bits per heavy atom. The van der Waals surface area contributed by atoms with Crippen LogP contribution in [0.3, 0.4) is 0 Å². The Morgan fingerprint density at radius 2 is 2.45 bits per heavy atom. The number of hydrogen-bond donors (Lipinski definition) is 2. The molecule has 0 radical (unpaired) electrons. The summed E-state index contributed by atoms with van der Waals surface area (Å²) in [5.41, 5.74) is 5.84. The lowest BCUT2D eigenvalue weighted by Gasteiger charge is -2.27. The highest BCUT2D eigenvalue weighted by atomic mass is 32.2. The minimum absolute atomic E-state index is 0.230. The summed E-state index contributed by atoms with van der Waals surface area (Å²) in [6, 6.07) is 0.250. The Bertz CT molecular complexity index is 113. The molecule has 1 aliphatic heterocycles. The molecule has 0 amide bonds. The molecule has 1 aliphatic rings. The molecular weight excluding hydrogens is 162 g/mol. The molecule has 0 aromatic rings. The molecule has 2 unspecified atom stereocenters. The van der Waals surface area contributed by atoms with Crippen LogP contribution in [0.25, 0.3) is 0 Å². The molecule has 4 heteroatoms. The van der Waals surface area contributed by atoms with E-state index >= 15 is 0 Å². The highest BCUT2D eigenvalue weighted by Gasteiger charge is 2.21. The van der Waals surface area contributed by atoms with Crippen molar-refractivity contribution in [3.8, 4) is 0 Å². The normalized spacial score (nSPS) is 32.2. The quantitative estimate of drug-likeness (QED) is 0.628. The van der Waals surface area contributed by atoms with Crippen LogP contribution < -0.4 is 5.73 Å². The Balaban J connectivity index is 2.18. The van der Waals surface area contributed by atoms with Crippen molar-refractivity contribution < 1.29 is 9.84 Å². The summed E-state index contributed by atoms with van der Waals surface area (Å²) >= 11 is 1.71. The molecule has 1 fully saturated rings. The first kappa shape index (κ1) is 9.32. The van der Waals surface area contributed by atoms with E-state index in [0.29, 0.717) is 5.25 Å². The molecule has 11 heavy (non-hydrogen) atoms. The second kappa shape index (κ2) is 4.98. The molecule has 0 saturated carbocycles. The number of nitrogens with two attached hydrogens (primary N) is 1. The van der Waals surface area contributed by atoms with E-state index in [-0.39, 0.29) is 12.6 Å². The summed E-state index contributed by atoms with van der Waals surface area (Å²) < 4.78 is 5.27. The van der Waals surface area contributed by atoms with E-state index < -0.39 is 0 Å². The lowest BCUT2D eigenvalue weighted by Crippen LogP contribution is -2.41. The molecule has 0 aliphatic carbocycles. The molecule has 0 bridgehead atoms. The van der Waals surface area contributed by atoms with Crippen molar-refractivity contribution in [3.05, 3.63) is 0 Å². The van der Waals surface area contributed by atoms with Gasteiger partial charge in [0.25, 0.3) is 0 Å². The molecule has 2 atom stereocenters. The van der Waals surface area contributed by atoms with Gasteiger partial charge in [-0.05, 0) is 6.42 Å². The topological polar surface area (TPSA) is 55.5 Å². The maximum Gasteiger partial charge on any atom is 0.0600 e. The van der Waals surface area contributed by atoms with Crippen LogP contribution in [0.5, 0.6) is 0 Å². The summed E-state index contributed by atoms with van der Waals surface area (Å²) in [6.45, 7) is 1.76. The van der Waals surface area contributed by atoms with Crippen LogP contribution in [0.4, 0.5) is 0 Å². The average Bonchev–Trinajstić information content (AvgIpc) is 2.03. The van der Waals surface area contributed by atoms with Crippen LogP contribution >= 0.6 is 11.8 Å². The third kappa shape index (κ3) is 2.99. The smallest absolute Gasteiger partial charge is 0.0600 e. The zero-order valence-corrected chi connectivity index (χ0v) is 7.35. The van der Waals surface area contributed by atoms with Gasteiger partial charge in [0.05, 0.1) is 13.2 Å². The summed E-state index contributed by atoms with van der Waals surface area (Å²) in [6.07, 6.45) is 0.948. The van der Waals surface area contributed by atoms with Gasteiger partial charge in [0.2, 0.25) is 0 Å². The minimum atomic E-state index is 0.230. The standard InChI is InChI=1S/C7H15NO2S/c8-6-1-3-10-5-7(6)11-4-2-9/h6-7,9H,1-5,8H2. The van der Waals surface area contributed by atoms with Gasteiger partial charge in [-0.15, -0.1) is 0 Å². The first-order valence-electron chi connectivity index (χ1n) is 3.90. The minimum Gasteiger partial charge on any atom is -0.396 e. The Hall–Kier alpha value is 0.230. The van der Waals surface area contributed by atoms with Gasteiger partial charge in [-0.2, -0.15) is 11.8 Å². The predicted molar refractivity (Wildman–Crippen MR) is 46.7 cm³/mol. The lowest BCUT2D eigenvalue weighted by molar-refractivity contribution is 0.0915. The Kier molecular flexibility index (Phi) is 4.22. The molecule has 3 nitrogen and oxygen atoms in total. The van der Waals surface area contributed by atoms with E-state index in [4.69, 9.17) is 15.6 Å². The van der Waals surface area contributed by atoms with Gasteiger partial charge in [-0.1, -0.05) is 0 Å². The van der Waals surface area contributed by atoms with Gasteiger partial charge < -0.3 is 15.6 Å². The van der Waals surface area contributed by atoms with E-state index in [0.717, 1.165) is 25.4 Å². The second-order valence-corrected chi connectivity index (χ2v) is 4.01. The molecule has 3 N–H and O–H groups in total. The van der Waals surface area contributed by atoms with Gasteiger partial charge in [0, 0.05) is 23.7 Å². The molecule has 0 spiro atoms.